The maximum atomic E-state index is 13.5. The van der Waals surface area contributed by atoms with Crippen LogP contribution in [0.1, 0.15) is 47.6 Å². The number of likely N-dealkylation sites (tertiary alicyclic amines) is 1. The van der Waals surface area contributed by atoms with Gasteiger partial charge in [-0.2, -0.15) is 0 Å². The molecule has 2 aliphatic heterocycles. The van der Waals surface area contributed by atoms with Crippen molar-refractivity contribution in [1.29, 1.82) is 0 Å². The number of likely N-dealkylation sites (N-methyl/N-ethyl adjacent to an activating group) is 1. The maximum Gasteiger partial charge on any atom is 0.298 e. The van der Waals surface area contributed by atoms with Crippen LogP contribution in [0.5, 0.6) is 11.5 Å². The predicted octanol–water partition coefficient (Wildman–Crippen LogP) is 4.22. The number of nitrogens with zero attached hydrogens (tertiary/aromatic N) is 2. The van der Waals surface area contributed by atoms with Gasteiger partial charge in [0.15, 0.2) is 11.5 Å². The van der Waals surface area contributed by atoms with Crippen LogP contribution in [0, 0.1) is 24.7 Å². The van der Waals surface area contributed by atoms with Gasteiger partial charge in [0.1, 0.15) is 6.10 Å². The van der Waals surface area contributed by atoms with Crippen LogP contribution in [0.15, 0.2) is 66.7 Å². The first-order chi connectivity index (χ1) is 20.2. The van der Waals surface area contributed by atoms with Gasteiger partial charge in [0.25, 0.3) is 5.91 Å². The molecular weight excluding hydrogens is 524 g/mol. The summed E-state index contributed by atoms with van der Waals surface area (Å²) in [6.45, 7) is 5.80. The first-order valence-electron chi connectivity index (χ1n) is 15.1. The molecule has 3 aromatic carbocycles. The molecule has 6 heteroatoms. The monoisotopic (exact) mass is 562 g/mol. The van der Waals surface area contributed by atoms with Crippen LogP contribution < -0.4 is 4.74 Å². The van der Waals surface area contributed by atoms with Crippen molar-refractivity contribution in [3.05, 3.63) is 94.5 Å². The van der Waals surface area contributed by atoms with E-state index in [-0.39, 0.29) is 29.7 Å². The smallest absolute Gasteiger partial charge is 0.298 e. The molecule has 1 spiro atoms. The quantitative estimate of drug-likeness (QED) is 0.466. The number of aromatic hydroxyl groups is 1. The van der Waals surface area contributed by atoms with Gasteiger partial charge in [-0.3, -0.25) is 9.69 Å². The molecule has 42 heavy (non-hydrogen) atoms. The number of aryl methyl sites for hydroxylation is 1. The highest BCUT2D eigenvalue weighted by molar-refractivity contribution is 5.94. The lowest BCUT2D eigenvalue weighted by atomic mass is 9.46. The second-order valence-electron chi connectivity index (χ2n) is 12.8. The summed E-state index contributed by atoms with van der Waals surface area (Å²) in [6.07, 6.45) is 2.38. The van der Waals surface area contributed by atoms with E-state index in [0.717, 1.165) is 41.8 Å². The Morgan fingerprint density at radius 2 is 1.95 bits per heavy atom. The van der Waals surface area contributed by atoms with Gasteiger partial charge in [-0.25, -0.2) is 0 Å². The number of hydrogen-bond acceptors (Lipinski definition) is 5. The van der Waals surface area contributed by atoms with E-state index >= 15 is 0 Å². The summed E-state index contributed by atoms with van der Waals surface area (Å²) in [5.41, 5.74) is 3.52. The average molecular weight is 563 g/mol. The summed E-state index contributed by atoms with van der Waals surface area (Å²) in [7, 11) is 1.80. The van der Waals surface area contributed by atoms with Gasteiger partial charge in [-0.05, 0) is 80.0 Å². The van der Waals surface area contributed by atoms with Gasteiger partial charge in [0.2, 0.25) is 0 Å². The number of rotatable bonds is 4. The van der Waals surface area contributed by atoms with E-state index < -0.39 is 17.1 Å². The maximum absolute atomic E-state index is 13.5. The molecule has 0 radical (unpaired) electrons. The Hall–Kier alpha value is -3.79. The Morgan fingerprint density at radius 3 is 2.74 bits per heavy atom. The second-order valence-corrected chi connectivity index (χ2v) is 12.8. The lowest BCUT2D eigenvalue weighted by Crippen LogP contribution is -2.79. The molecule has 7 rings (SSSR count). The number of amides is 1. The predicted molar refractivity (Wildman–Crippen MR) is 161 cm³/mol. The third-order valence-electron chi connectivity index (χ3n) is 10.5. The fourth-order valence-corrected chi connectivity index (χ4v) is 8.72. The number of hydrogen-bond donors (Lipinski definition) is 2. The highest BCUT2D eigenvalue weighted by Crippen LogP contribution is 2.66. The molecule has 2 aliphatic carbocycles. The topological polar surface area (TPSA) is 73.2 Å². The molecule has 2 heterocycles. The summed E-state index contributed by atoms with van der Waals surface area (Å²) < 4.78 is 6.70. The average Bonchev–Trinajstić information content (AvgIpc) is 3.32. The number of benzene rings is 3. The van der Waals surface area contributed by atoms with Crippen LogP contribution in [0.2, 0.25) is 0 Å². The van der Waals surface area contributed by atoms with E-state index in [1.54, 1.807) is 18.0 Å². The Balaban J connectivity index is 1.25. The molecule has 1 saturated carbocycles. The fourth-order valence-electron chi connectivity index (χ4n) is 8.72. The van der Waals surface area contributed by atoms with Crippen molar-refractivity contribution in [2.45, 2.75) is 68.7 Å². The largest absolute Gasteiger partial charge is 0.504 e. The summed E-state index contributed by atoms with van der Waals surface area (Å²) in [4.78, 5) is 17.7. The van der Waals surface area contributed by atoms with Crippen molar-refractivity contribution in [2.75, 3.05) is 20.1 Å². The molecular formula is C36H38N2O4. The van der Waals surface area contributed by atoms with Gasteiger partial charge in [0.05, 0.1) is 17.1 Å². The third kappa shape index (κ3) is 3.91. The molecule has 6 atom stereocenters. The summed E-state index contributed by atoms with van der Waals surface area (Å²) in [6, 6.07) is 21.7. The van der Waals surface area contributed by atoms with Crippen molar-refractivity contribution >= 4 is 5.91 Å². The van der Waals surface area contributed by atoms with Crippen molar-refractivity contribution in [3.8, 4) is 23.3 Å². The minimum atomic E-state index is -1.05. The number of phenolic OH excluding ortho intramolecular Hbond substituents is 1. The molecule has 6 nitrogen and oxygen atoms in total. The Bertz CT molecular complexity index is 1610. The zero-order valence-corrected chi connectivity index (χ0v) is 24.5. The Morgan fingerprint density at radius 1 is 1.14 bits per heavy atom. The van der Waals surface area contributed by atoms with E-state index in [1.165, 1.54) is 5.56 Å². The van der Waals surface area contributed by atoms with Gasteiger partial charge < -0.3 is 19.8 Å². The van der Waals surface area contributed by atoms with Crippen LogP contribution in [0.3, 0.4) is 0 Å². The van der Waals surface area contributed by atoms with Gasteiger partial charge >= 0.3 is 0 Å². The Kier molecular flexibility index (Phi) is 6.38. The Labute approximate surface area is 247 Å². The number of carbonyl (C=O) groups is 1. The molecule has 2 bridgehead atoms. The van der Waals surface area contributed by atoms with E-state index in [9.17, 15) is 15.0 Å². The minimum absolute atomic E-state index is 0.0441. The fraction of sp³-hybridized carbons (Fsp3) is 0.417. The van der Waals surface area contributed by atoms with E-state index in [4.69, 9.17) is 4.74 Å². The van der Waals surface area contributed by atoms with Crippen LogP contribution in [-0.2, 0) is 23.1 Å². The number of piperidine rings is 1. The third-order valence-corrected chi connectivity index (χ3v) is 10.5. The molecule has 2 fully saturated rings. The van der Waals surface area contributed by atoms with Crippen LogP contribution in [0.4, 0.5) is 0 Å². The van der Waals surface area contributed by atoms with Crippen LogP contribution in [0.25, 0.3) is 0 Å². The summed E-state index contributed by atoms with van der Waals surface area (Å²) in [5.74, 6) is 6.17. The highest BCUT2D eigenvalue weighted by Gasteiger charge is 2.74. The van der Waals surface area contributed by atoms with Crippen molar-refractivity contribution in [3.63, 3.8) is 0 Å². The van der Waals surface area contributed by atoms with Crippen molar-refractivity contribution in [1.82, 2.24) is 9.80 Å². The molecule has 216 valence electrons. The minimum Gasteiger partial charge on any atom is -0.504 e. The summed E-state index contributed by atoms with van der Waals surface area (Å²) >= 11 is 0. The van der Waals surface area contributed by atoms with E-state index in [1.807, 2.05) is 43.3 Å². The standard InChI is InChI=1S/C36H38N2O4/c1-23-8-7-11-26(20-23)12-15-30(40)37(3)32-24(2)22-36(41)29-21-27-13-14-28(39)33-31(27)35(36,34(32)42-33)17-19-38(29)18-16-25-9-5-4-6-10-25/h4-11,13-14,20,24,29,32,34,39,41H,16-19,21-22H2,1-3H3/t24-,29+,32-,34-,35-,36+/m0/s1. The first kappa shape index (κ1) is 27.1. The number of ether oxygens (including phenoxy) is 1. The molecule has 1 amide bonds. The molecule has 0 aromatic heterocycles. The molecule has 1 saturated heterocycles. The van der Waals surface area contributed by atoms with Crippen molar-refractivity contribution < 1.29 is 19.7 Å². The summed E-state index contributed by atoms with van der Waals surface area (Å²) in [5, 5.41) is 23.9. The second kappa shape index (κ2) is 9.90. The zero-order chi connectivity index (χ0) is 29.2. The van der Waals surface area contributed by atoms with Gasteiger partial charge in [0, 0.05) is 36.7 Å². The van der Waals surface area contributed by atoms with E-state index in [0.29, 0.717) is 25.0 Å². The first-order valence-corrected chi connectivity index (χ1v) is 15.1. The van der Waals surface area contributed by atoms with Crippen LogP contribution in [-0.4, -0.2) is 69.8 Å². The number of phenols is 1. The normalized spacial score (nSPS) is 30.5. The van der Waals surface area contributed by atoms with Gasteiger partial charge in [-0.15, -0.1) is 0 Å². The molecule has 3 aromatic rings. The molecule has 4 aliphatic rings. The molecule has 0 unspecified atom stereocenters. The lowest BCUT2D eigenvalue weighted by molar-refractivity contribution is -0.211. The van der Waals surface area contributed by atoms with E-state index in [2.05, 4.69) is 47.9 Å². The SMILES string of the molecule is Cc1cccc(C#CC(=O)N(C)[C@H]2[C@@H](C)C[C@@]3(O)[C@H]4Cc5ccc(O)c6c5[C@@]3(CCN4CCc3ccccc3)[C@H]2O6)c1. The highest BCUT2D eigenvalue weighted by atomic mass is 16.5. The number of aliphatic hydroxyl groups is 1. The van der Waals surface area contributed by atoms with Crippen molar-refractivity contribution in [2.24, 2.45) is 5.92 Å². The lowest BCUT2D eigenvalue weighted by Gasteiger charge is -2.66. The number of carbonyl (C=O) groups excluding carboxylic acids is 1. The molecule has 2 N–H and O–H groups in total. The van der Waals surface area contributed by atoms with Crippen LogP contribution >= 0.6 is 0 Å². The zero-order valence-electron chi connectivity index (χ0n) is 24.5. The van der Waals surface area contributed by atoms with Gasteiger partial charge in [-0.1, -0.05) is 61.4 Å².